The highest BCUT2D eigenvalue weighted by molar-refractivity contribution is 5.96. The lowest BCUT2D eigenvalue weighted by Crippen LogP contribution is -1.79. The van der Waals surface area contributed by atoms with Crippen LogP contribution < -0.4 is 0 Å². The summed E-state index contributed by atoms with van der Waals surface area (Å²) >= 11 is 0. The molecule has 0 aromatic heterocycles. The van der Waals surface area contributed by atoms with E-state index in [1.807, 2.05) is 0 Å². The lowest BCUT2D eigenvalue weighted by Gasteiger charge is -1.71. The molecule has 0 rings (SSSR count). The van der Waals surface area contributed by atoms with Crippen molar-refractivity contribution in [3.05, 3.63) is 0 Å². The molecule has 0 aliphatic rings. The highest BCUT2D eigenvalue weighted by Crippen LogP contribution is 1.71. The molecule has 0 saturated heterocycles. The maximum atomic E-state index is 8.00. The molecule has 0 radical (unpaired) electrons. The predicted octanol–water partition coefficient (Wildman–Crippen LogP) is 0.586. The van der Waals surface area contributed by atoms with Crippen LogP contribution in [0.15, 0.2) is 10.2 Å². The van der Waals surface area contributed by atoms with Crippen molar-refractivity contribution < 1.29 is 0 Å². The first-order valence-corrected chi connectivity index (χ1v) is 1.71. The van der Waals surface area contributed by atoms with Gasteiger partial charge in [0.1, 0.15) is 11.8 Å². The van der Waals surface area contributed by atoms with Crippen molar-refractivity contribution in [3.63, 3.8) is 0 Å². The minimum atomic E-state index is 0.329. The van der Waals surface area contributed by atoms with Crippen molar-refractivity contribution in [1.29, 1.82) is 5.26 Å². The summed E-state index contributed by atoms with van der Waals surface area (Å²) in [6.45, 7) is 4.62. The molecule has 0 spiro atoms. The Kier molecular flexibility index (Phi) is 2.53. The number of hydrogen-bond donors (Lipinski definition) is 0. The molecule has 0 atom stereocenters. The van der Waals surface area contributed by atoms with Gasteiger partial charge in [-0.3, -0.25) is 0 Å². The van der Waals surface area contributed by atoms with Crippen LogP contribution in [0.4, 0.5) is 0 Å². The van der Waals surface area contributed by atoms with Crippen molar-refractivity contribution >= 4 is 12.4 Å². The van der Waals surface area contributed by atoms with Gasteiger partial charge in [-0.2, -0.15) is 10.4 Å². The summed E-state index contributed by atoms with van der Waals surface area (Å²) in [6, 6.07) is 1.78. The molecule has 0 unspecified atom stereocenters. The van der Waals surface area contributed by atoms with E-state index >= 15 is 0 Å². The molecule has 0 aliphatic heterocycles. The molecule has 0 saturated carbocycles. The third-order valence-electron chi connectivity index (χ3n) is 0.383. The average Bonchev–Trinajstić information content (AvgIpc) is 1.68. The van der Waals surface area contributed by atoms with Gasteiger partial charge in [0, 0.05) is 6.72 Å². The Morgan fingerprint density at radius 2 is 2.43 bits per heavy atom. The van der Waals surface area contributed by atoms with Crippen LogP contribution in [-0.4, -0.2) is 12.4 Å². The highest BCUT2D eigenvalue weighted by atomic mass is 15.2. The van der Waals surface area contributed by atoms with Crippen LogP contribution in [0.1, 0.15) is 6.92 Å². The minimum Gasteiger partial charge on any atom is -0.191 e. The van der Waals surface area contributed by atoms with Crippen molar-refractivity contribution in [3.8, 4) is 6.07 Å². The fourth-order valence-electron chi connectivity index (χ4n) is 0.128. The van der Waals surface area contributed by atoms with E-state index in [1.165, 1.54) is 0 Å². The molecule has 0 aliphatic carbocycles. The second-order valence-corrected chi connectivity index (χ2v) is 0.939. The predicted molar refractivity (Wildman–Crippen MR) is 28.3 cm³/mol. The zero-order chi connectivity index (χ0) is 5.70. The fraction of sp³-hybridized carbons (Fsp3) is 0.250. The summed E-state index contributed by atoms with van der Waals surface area (Å²) in [4.78, 5) is 0. The molecule has 0 bridgehead atoms. The molecular formula is C4H5N3. The van der Waals surface area contributed by atoms with Gasteiger partial charge in [0.2, 0.25) is 0 Å². The standard InChI is InChI=1S/C4H5N3/c1-4(3-5)7-6-2/h2H2,1H3. The molecule has 0 heterocycles. The van der Waals surface area contributed by atoms with Gasteiger partial charge in [-0.15, -0.1) is 5.10 Å². The molecular weight excluding hydrogens is 90.1 g/mol. The fourth-order valence-corrected chi connectivity index (χ4v) is 0.128. The van der Waals surface area contributed by atoms with Crippen LogP contribution in [0.5, 0.6) is 0 Å². The van der Waals surface area contributed by atoms with Crippen LogP contribution >= 0.6 is 0 Å². The average molecular weight is 95.1 g/mol. The SMILES string of the molecule is C=NN=C(C)C#N. The summed E-state index contributed by atoms with van der Waals surface area (Å²) < 4.78 is 0. The molecule has 0 N–H and O–H groups in total. The first-order chi connectivity index (χ1) is 3.31. The largest absolute Gasteiger partial charge is 0.191 e. The van der Waals surface area contributed by atoms with Crippen molar-refractivity contribution in [2.75, 3.05) is 0 Å². The van der Waals surface area contributed by atoms with Crippen LogP contribution in [-0.2, 0) is 0 Å². The van der Waals surface area contributed by atoms with Crippen molar-refractivity contribution in [2.45, 2.75) is 6.92 Å². The van der Waals surface area contributed by atoms with E-state index < -0.39 is 0 Å². The van der Waals surface area contributed by atoms with Crippen LogP contribution in [0.25, 0.3) is 0 Å². The second-order valence-electron chi connectivity index (χ2n) is 0.939. The molecule has 0 aromatic rings. The summed E-state index contributed by atoms with van der Waals surface area (Å²) in [7, 11) is 0. The van der Waals surface area contributed by atoms with Gasteiger partial charge in [-0.25, -0.2) is 0 Å². The van der Waals surface area contributed by atoms with Crippen LogP contribution in [0.3, 0.4) is 0 Å². The summed E-state index contributed by atoms with van der Waals surface area (Å²) in [5, 5.41) is 14.4. The quantitative estimate of drug-likeness (QED) is 0.347. The van der Waals surface area contributed by atoms with Gasteiger partial charge in [0.05, 0.1) is 0 Å². The Balaban J connectivity index is 3.80. The Bertz CT molecular complexity index is 128. The van der Waals surface area contributed by atoms with E-state index in [1.54, 1.807) is 13.0 Å². The lowest BCUT2D eigenvalue weighted by molar-refractivity contribution is 1.26. The number of nitrogens with zero attached hydrogens (tertiary/aromatic N) is 3. The third-order valence-corrected chi connectivity index (χ3v) is 0.383. The Morgan fingerprint density at radius 3 is 2.57 bits per heavy atom. The zero-order valence-corrected chi connectivity index (χ0v) is 4.05. The Hall–Kier alpha value is -1.17. The highest BCUT2D eigenvalue weighted by Gasteiger charge is 1.77. The van der Waals surface area contributed by atoms with E-state index in [2.05, 4.69) is 16.9 Å². The summed E-state index contributed by atoms with van der Waals surface area (Å²) in [6.07, 6.45) is 0. The van der Waals surface area contributed by atoms with E-state index in [0.29, 0.717) is 5.71 Å². The second kappa shape index (κ2) is 3.04. The van der Waals surface area contributed by atoms with Gasteiger partial charge in [-0.1, -0.05) is 0 Å². The molecule has 3 heteroatoms. The molecule has 36 valence electrons. The van der Waals surface area contributed by atoms with Gasteiger partial charge >= 0.3 is 0 Å². The normalized spacial score (nSPS) is 10.0. The van der Waals surface area contributed by atoms with Crippen molar-refractivity contribution in [2.24, 2.45) is 10.2 Å². The monoisotopic (exact) mass is 95.0 g/mol. The lowest BCUT2D eigenvalue weighted by atomic mass is 10.5. The first kappa shape index (κ1) is 5.83. The Morgan fingerprint density at radius 1 is 1.86 bits per heavy atom. The summed E-state index contributed by atoms with van der Waals surface area (Å²) in [5.74, 6) is 0. The smallest absolute Gasteiger partial charge is 0.137 e. The van der Waals surface area contributed by atoms with Crippen LogP contribution in [0.2, 0.25) is 0 Å². The van der Waals surface area contributed by atoms with Crippen LogP contribution in [0, 0.1) is 11.3 Å². The number of nitriles is 1. The minimum absolute atomic E-state index is 0.329. The molecule has 0 aromatic carbocycles. The van der Waals surface area contributed by atoms with E-state index in [9.17, 15) is 0 Å². The van der Waals surface area contributed by atoms with Crippen molar-refractivity contribution in [1.82, 2.24) is 0 Å². The first-order valence-electron chi connectivity index (χ1n) is 1.71. The molecule has 3 nitrogen and oxygen atoms in total. The maximum Gasteiger partial charge on any atom is 0.137 e. The Labute approximate surface area is 42.0 Å². The molecule has 0 fully saturated rings. The maximum absolute atomic E-state index is 8.00. The molecule has 7 heavy (non-hydrogen) atoms. The third kappa shape index (κ3) is 2.64. The van der Waals surface area contributed by atoms with E-state index in [0.717, 1.165) is 0 Å². The zero-order valence-electron chi connectivity index (χ0n) is 4.05. The van der Waals surface area contributed by atoms with E-state index in [-0.39, 0.29) is 0 Å². The van der Waals surface area contributed by atoms with E-state index in [4.69, 9.17) is 5.26 Å². The van der Waals surface area contributed by atoms with Gasteiger partial charge < -0.3 is 0 Å². The number of rotatable bonds is 1. The van der Waals surface area contributed by atoms with Gasteiger partial charge in [0.15, 0.2) is 0 Å². The summed E-state index contributed by atoms with van der Waals surface area (Å²) in [5.41, 5.74) is 0.329. The topological polar surface area (TPSA) is 48.5 Å². The number of hydrogen-bond acceptors (Lipinski definition) is 3. The molecule has 0 amide bonds. The van der Waals surface area contributed by atoms with Gasteiger partial charge in [0.25, 0.3) is 0 Å². The van der Waals surface area contributed by atoms with Gasteiger partial charge in [-0.05, 0) is 6.92 Å².